The fourth-order valence-corrected chi connectivity index (χ4v) is 5.02. The molecular formula is C24H33N3O3S. The molecule has 168 valence electrons. The molecule has 0 aliphatic carbocycles. The summed E-state index contributed by atoms with van der Waals surface area (Å²) < 4.78 is 28.2. The molecule has 1 aliphatic heterocycles. The molecule has 1 amide bonds. The number of carbonyl (C=O) groups excluding carboxylic acids is 1. The Morgan fingerprint density at radius 1 is 1.10 bits per heavy atom. The van der Waals surface area contributed by atoms with Gasteiger partial charge in [-0.15, -0.1) is 0 Å². The molecule has 2 unspecified atom stereocenters. The molecule has 3 rings (SSSR count). The van der Waals surface area contributed by atoms with Crippen LogP contribution >= 0.6 is 0 Å². The second-order valence-corrected chi connectivity index (χ2v) is 10.7. The van der Waals surface area contributed by atoms with Gasteiger partial charge in [-0.25, -0.2) is 8.42 Å². The third kappa shape index (κ3) is 6.31. The van der Waals surface area contributed by atoms with Gasteiger partial charge in [0.05, 0.1) is 4.90 Å². The predicted octanol–water partition coefficient (Wildman–Crippen LogP) is 4.17. The van der Waals surface area contributed by atoms with Crippen molar-refractivity contribution in [3.63, 3.8) is 0 Å². The maximum absolute atomic E-state index is 12.9. The summed E-state index contributed by atoms with van der Waals surface area (Å²) in [6, 6.07) is 13.5. The number of aryl methyl sites for hydroxylation is 1. The fourth-order valence-electron chi connectivity index (χ4n) is 3.81. The lowest BCUT2D eigenvalue weighted by Crippen LogP contribution is -2.44. The second-order valence-electron chi connectivity index (χ2n) is 8.99. The zero-order chi connectivity index (χ0) is 22.6. The van der Waals surface area contributed by atoms with E-state index < -0.39 is 16.1 Å². The highest BCUT2D eigenvalue weighted by atomic mass is 32.2. The first kappa shape index (κ1) is 23.3. The normalized spacial score (nSPS) is 17.7. The predicted molar refractivity (Wildman–Crippen MR) is 126 cm³/mol. The summed E-state index contributed by atoms with van der Waals surface area (Å²) in [4.78, 5) is 15.4. The van der Waals surface area contributed by atoms with E-state index in [0.717, 1.165) is 24.3 Å². The van der Waals surface area contributed by atoms with Gasteiger partial charge in [0.1, 0.15) is 6.04 Å². The molecule has 0 aromatic heterocycles. The minimum absolute atomic E-state index is 0.149. The molecule has 2 aromatic rings. The monoisotopic (exact) mass is 443 g/mol. The number of amides is 1. The van der Waals surface area contributed by atoms with Gasteiger partial charge in [0.2, 0.25) is 15.9 Å². The molecule has 2 aromatic carbocycles. The van der Waals surface area contributed by atoms with Crippen LogP contribution in [0, 0.1) is 18.8 Å². The molecule has 0 bridgehead atoms. The average Bonchev–Trinajstić information content (AvgIpc) is 3.14. The minimum Gasteiger partial charge on any atom is -0.371 e. The van der Waals surface area contributed by atoms with E-state index in [4.69, 9.17) is 0 Å². The molecule has 7 heteroatoms. The first-order valence-electron chi connectivity index (χ1n) is 10.9. The summed E-state index contributed by atoms with van der Waals surface area (Å²) in [7, 11) is -3.80. The molecule has 1 heterocycles. The summed E-state index contributed by atoms with van der Waals surface area (Å²) in [6.45, 7) is 10.2. The van der Waals surface area contributed by atoms with E-state index in [9.17, 15) is 13.2 Å². The van der Waals surface area contributed by atoms with Crippen LogP contribution in [0.15, 0.2) is 53.4 Å². The lowest BCUT2D eigenvalue weighted by atomic mass is 10.0. The lowest BCUT2D eigenvalue weighted by molar-refractivity contribution is -0.118. The number of nitrogens with zero attached hydrogens (tertiary/aromatic N) is 1. The maximum Gasteiger partial charge on any atom is 0.242 e. The van der Waals surface area contributed by atoms with Crippen molar-refractivity contribution < 1.29 is 13.2 Å². The third-order valence-electron chi connectivity index (χ3n) is 5.58. The molecule has 0 radical (unpaired) electrons. The van der Waals surface area contributed by atoms with Gasteiger partial charge >= 0.3 is 0 Å². The van der Waals surface area contributed by atoms with Gasteiger partial charge in [0.25, 0.3) is 0 Å². The Morgan fingerprint density at radius 2 is 1.74 bits per heavy atom. The van der Waals surface area contributed by atoms with Gasteiger partial charge in [-0.3, -0.25) is 4.79 Å². The number of sulfonamides is 1. The Morgan fingerprint density at radius 3 is 2.29 bits per heavy atom. The van der Waals surface area contributed by atoms with E-state index in [1.807, 2.05) is 45.0 Å². The van der Waals surface area contributed by atoms with E-state index in [1.54, 1.807) is 24.3 Å². The fraction of sp³-hybridized carbons (Fsp3) is 0.458. The standard InChI is InChI=1S/C24H33N3O3S/c1-17(2)15-23(26-31(29,30)22-11-5-18(3)6-12-22)24(28)25-20-7-9-21(10-8-20)27-14-13-19(4)16-27/h5-12,17,19,23,26H,13-16H2,1-4H3,(H,25,28). The first-order chi connectivity index (χ1) is 14.6. The largest absolute Gasteiger partial charge is 0.371 e. The summed E-state index contributed by atoms with van der Waals surface area (Å²) >= 11 is 0. The quantitative estimate of drug-likeness (QED) is 0.642. The van der Waals surface area contributed by atoms with Crippen molar-refractivity contribution in [3.05, 3.63) is 54.1 Å². The number of hydrogen-bond donors (Lipinski definition) is 2. The van der Waals surface area contributed by atoms with Crippen molar-refractivity contribution in [2.24, 2.45) is 11.8 Å². The molecule has 0 saturated carbocycles. The number of rotatable bonds is 8. The van der Waals surface area contributed by atoms with Crippen LogP contribution in [0.1, 0.15) is 39.2 Å². The molecule has 1 aliphatic rings. The molecule has 31 heavy (non-hydrogen) atoms. The zero-order valence-electron chi connectivity index (χ0n) is 18.8. The molecule has 2 N–H and O–H groups in total. The smallest absolute Gasteiger partial charge is 0.242 e. The molecule has 2 atom stereocenters. The van der Waals surface area contributed by atoms with E-state index in [0.29, 0.717) is 18.0 Å². The second kappa shape index (κ2) is 9.83. The zero-order valence-corrected chi connectivity index (χ0v) is 19.6. The average molecular weight is 444 g/mol. The first-order valence-corrected chi connectivity index (χ1v) is 12.4. The van der Waals surface area contributed by atoms with E-state index in [1.165, 1.54) is 6.42 Å². The van der Waals surface area contributed by atoms with Gasteiger partial charge in [-0.05, 0) is 68.0 Å². The van der Waals surface area contributed by atoms with Crippen molar-refractivity contribution in [3.8, 4) is 0 Å². The van der Waals surface area contributed by atoms with Crippen LogP contribution in [0.25, 0.3) is 0 Å². The van der Waals surface area contributed by atoms with Crippen LogP contribution in [-0.4, -0.2) is 33.5 Å². The molecule has 1 fully saturated rings. The van der Waals surface area contributed by atoms with E-state index >= 15 is 0 Å². The van der Waals surface area contributed by atoms with E-state index in [2.05, 4.69) is 21.9 Å². The summed E-state index contributed by atoms with van der Waals surface area (Å²) in [5, 5.41) is 2.87. The van der Waals surface area contributed by atoms with Crippen LogP contribution in [0.2, 0.25) is 0 Å². The highest BCUT2D eigenvalue weighted by molar-refractivity contribution is 7.89. The Labute approximate surface area is 186 Å². The lowest BCUT2D eigenvalue weighted by Gasteiger charge is -2.21. The van der Waals surface area contributed by atoms with Crippen LogP contribution in [-0.2, 0) is 14.8 Å². The Kier molecular flexibility index (Phi) is 7.38. The summed E-state index contributed by atoms with van der Waals surface area (Å²) in [6.07, 6.45) is 1.59. The van der Waals surface area contributed by atoms with Crippen molar-refractivity contribution >= 4 is 27.3 Å². The van der Waals surface area contributed by atoms with Gasteiger partial charge < -0.3 is 10.2 Å². The highest BCUT2D eigenvalue weighted by Gasteiger charge is 2.27. The van der Waals surface area contributed by atoms with E-state index in [-0.39, 0.29) is 16.7 Å². The van der Waals surface area contributed by atoms with Crippen LogP contribution in [0.5, 0.6) is 0 Å². The van der Waals surface area contributed by atoms with Crippen molar-refractivity contribution in [2.45, 2.75) is 51.5 Å². The number of anilines is 2. The van der Waals surface area contributed by atoms with Crippen molar-refractivity contribution in [1.82, 2.24) is 4.72 Å². The summed E-state index contributed by atoms with van der Waals surface area (Å²) in [5.41, 5.74) is 2.77. The number of benzene rings is 2. The molecule has 6 nitrogen and oxygen atoms in total. The maximum atomic E-state index is 12.9. The van der Waals surface area contributed by atoms with Crippen molar-refractivity contribution in [1.29, 1.82) is 0 Å². The minimum atomic E-state index is -3.80. The van der Waals surface area contributed by atoms with Gasteiger partial charge in [-0.2, -0.15) is 4.72 Å². The molecular weight excluding hydrogens is 410 g/mol. The van der Waals surface area contributed by atoms with Crippen molar-refractivity contribution in [2.75, 3.05) is 23.3 Å². The van der Waals surface area contributed by atoms with Gasteiger partial charge in [0.15, 0.2) is 0 Å². The van der Waals surface area contributed by atoms with Crippen LogP contribution in [0.3, 0.4) is 0 Å². The molecule has 1 saturated heterocycles. The number of nitrogens with one attached hydrogen (secondary N) is 2. The Hall–Kier alpha value is -2.38. The molecule has 0 spiro atoms. The van der Waals surface area contributed by atoms with Crippen LogP contribution in [0.4, 0.5) is 11.4 Å². The number of carbonyl (C=O) groups is 1. The van der Waals surface area contributed by atoms with Gasteiger partial charge in [-0.1, -0.05) is 38.5 Å². The van der Waals surface area contributed by atoms with Crippen LogP contribution < -0.4 is 14.9 Å². The Bertz CT molecular complexity index is 986. The third-order valence-corrected chi connectivity index (χ3v) is 7.06. The summed E-state index contributed by atoms with van der Waals surface area (Å²) in [5.74, 6) is 0.487. The topological polar surface area (TPSA) is 78.5 Å². The number of hydrogen-bond acceptors (Lipinski definition) is 4. The SMILES string of the molecule is Cc1ccc(S(=O)(=O)NC(CC(C)C)C(=O)Nc2ccc(N3CCC(C)C3)cc2)cc1. The Balaban J connectivity index is 1.70. The highest BCUT2D eigenvalue weighted by Crippen LogP contribution is 2.25. The van der Waals surface area contributed by atoms with Gasteiger partial charge in [0, 0.05) is 24.5 Å².